The van der Waals surface area contributed by atoms with E-state index in [1.54, 1.807) is 55.6 Å². The average Bonchev–Trinajstić information content (AvgIpc) is 3.31. The fraction of sp³-hybridized carbons (Fsp3) is 0.174. The number of benzene rings is 2. The third kappa shape index (κ3) is 5.44. The van der Waals surface area contributed by atoms with Crippen LogP contribution < -0.4 is 20.1 Å². The molecule has 2 N–H and O–H groups in total. The lowest BCUT2D eigenvalue weighted by atomic mass is 10.1. The molecule has 2 heterocycles. The number of carbonyl (C=O) groups excluding carboxylic acids is 2. The van der Waals surface area contributed by atoms with Gasteiger partial charge in [-0.15, -0.1) is 0 Å². The van der Waals surface area contributed by atoms with Crippen molar-refractivity contribution in [1.29, 1.82) is 0 Å². The van der Waals surface area contributed by atoms with Crippen LogP contribution in [0.5, 0.6) is 11.5 Å². The molecular formula is C23H20N4O6S. The Morgan fingerprint density at radius 3 is 2.79 bits per heavy atom. The molecule has 0 bridgehead atoms. The number of fused-ring (bicyclic) bond motifs is 1. The number of anilines is 1. The fourth-order valence-corrected chi connectivity index (χ4v) is 4.04. The first-order chi connectivity index (χ1) is 16.4. The summed E-state index contributed by atoms with van der Waals surface area (Å²) in [6, 6.07) is 14.0. The molecule has 4 rings (SSSR count). The van der Waals surface area contributed by atoms with E-state index < -0.39 is 16.9 Å². The molecule has 0 saturated heterocycles. The summed E-state index contributed by atoms with van der Waals surface area (Å²) in [7, 11) is 0. The number of aromatic nitrogens is 1. The van der Waals surface area contributed by atoms with Gasteiger partial charge >= 0.3 is 0 Å². The van der Waals surface area contributed by atoms with Gasteiger partial charge in [-0.25, -0.2) is 4.98 Å². The molecule has 1 aromatic heterocycles. The van der Waals surface area contributed by atoms with Gasteiger partial charge in [0.1, 0.15) is 5.03 Å². The molecule has 1 atom stereocenters. The number of nitrogens with one attached hydrogen (secondary N) is 2. The van der Waals surface area contributed by atoms with Crippen molar-refractivity contribution in [3.05, 3.63) is 82.0 Å². The summed E-state index contributed by atoms with van der Waals surface area (Å²) >= 11 is 1.13. The number of carbonyl (C=O) groups is 2. The third-order valence-corrected chi connectivity index (χ3v) is 5.95. The van der Waals surface area contributed by atoms with Gasteiger partial charge in [0.25, 0.3) is 11.6 Å². The summed E-state index contributed by atoms with van der Waals surface area (Å²) in [6.07, 6.45) is 1.54. The third-order valence-electron chi connectivity index (χ3n) is 4.94. The number of rotatable bonds is 8. The van der Waals surface area contributed by atoms with Gasteiger partial charge in [0, 0.05) is 30.1 Å². The number of amides is 2. The zero-order valence-corrected chi connectivity index (χ0v) is 18.8. The van der Waals surface area contributed by atoms with Crippen molar-refractivity contribution in [2.45, 2.75) is 18.0 Å². The molecule has 1 aliphatic heterocycles. The van der Waals surface area contributed by atoms with Crippen molar-refractivity contribution < 1.29 is 24.0 Å². The van der Waals surface area contributed by atoms with Gasteiger partial charge in [0.05, 0.1) is 22.3 Å². The Morgan fingerprint density at radius 1 is 1.15 bits per heavy atom. The monoisotopic (exact) mass is 480 g/mol. The highest BCUT2D eigenvalue weighted by Gasteiger charge is 2.19. The van der Waals surface area contributed by atoms with Gasteiger partial charge in [-0.05, 0) is 36.8 Å². The largest absolute Gasteiger partial charge is 0.454 e. The number of hydrogen-bond donors (Lipinski definition) is 2. The second kappa shape index (κ2) is 10.2. The Bertz CT molecular complexity index is 1250. The van der Waals surface area contributed by atoms with E-state index in [4.69, 9.17) is 9.47 Å². The van der Waals surface area contributed by atoms with Crippen molar-refractivity contribution in [1.82, 2.24) is 10.3 Å². The van der Waals surface area contributed by atoms with Crippen molar-refractivity contribution in [3.63, 3.8) is 0 Å². The zero-order valence-electron chi connectivity index (χ0n) is 18.0. The molecule has 0 spiro atoms. The normalized spacial score (nSPS) is 12.6. The number of ether oxygens (including phenoxy) is 2. The highest BCUT2D eigenvalue weighted by atomic mass is 32.2. The van der Waals surface area contributed by atoms with Crippen LogP contribution in [0.15, 0.2) is 65.8 Å². The number of nitrogens with zero attached hydrogens (tertiary/aromatic N) is 2. The fourth-order valence-electron chi connectivity index (χ4n) is 3.25. The van der Waals surface area contributed by atoms with Crippen molar-refractivity contribution >= 4 is 35.0 Å². The minimum absolute atomic E-state index is 0.0339. The standard InChI is InChI=1S/C23H20N4O6S/c1-14(15-4-2-5-17(10-15)27(30)31)25-22(29)18-6-3-9-24-23(18)34-12-21(28)26-16-7-8-19-20(11-16)33-13-32-19/h2-11,14H,12-13H2,1H3,(H,25,29)(H,26,28). The minimum Gasteiger partial charge on any atom is -0.454 e. The van der Waals surface area contributed by atoms with Gasteiger partial charge in [0.2, 0.25) is 12.7 Å². The Kier molecular flexibility index (Phi) is 6.93. The van der Waals surface area contributed by atoms with Crippen molar-refractivity contribution in [2.24, 2.45) is 0 Å². The smallest absolute Gasteiger partial charge is 0.269 e. The van der Waals surface area contributed by atoms with E-state index >= 15 is 0 Å². The number of non-ortho nitro benzene ring substituents is 1. The van der Waals surface area contributed by atoms with E-state index in [-0.39, 0.29) is 24.1 Å². The summed E-state index contributed by atoms with van der Waals surface area (Å²) in [4.78, 5) is 40.1. The predicted molar refractivity (Wildman–Crippen MR) is 125 cm³/mol. The molecule has 0 saturated carbocycles. The number of thioether (sulfide) groups is 1. The highest BCUT2D eigenvalue weighted by molar-refractivity contribution is 8.00. The number of nitro benzene ring substituents is 1. The van der Waals surface area contributed by atoms with Crippen LogP contribution >= 0.6 is 11.8 Å². The Balaban J connectivity index is 1.38. The van der Waals surface area contributed by atoms with Gasteiger partial charge in [-0.3, -0.25) is 19.7 Å². The summed E-state index contributed by atoms with van der Waals surface area (Å²) < 4.78 is 10.6. The molecule has 10 nitrogen and oxygen atoms in total. The molecule has 11 heteroatoms. The summed E-state index contributed by atoms with van der Waals surface area (Å²) in [5.74, 6) is 0.547. The molecule has 0 fully saturated rings. The second-order valence-electron chi connectivity index (χ2n) is 7.31. The minimum atomic E-state index is -0.484. The van der Waals surface area contributed by atoms with Gasteiger partial charge < -0.3 is 20.1 Å². The van der Waals surface area contributed by atoms with E-state index in [2.05, 4.69) is 15.6 Å². The molecule has 2 aromatic carbocycles. The highest BCUT2D eigenvalue weighted by Crippen LogP contribution is 2.34. The number of nitro groups is 1. The first-order valence-corrected chi connectivity index (χ1v) is 11.2. The van der Waals surface area contributed by atoms with Gasteiger partial charge in [0.15, 0.2) is 11.5 Å². The molecule has 2 amide bonds. The molecule has 1 unspecified atom stereocenters. The number of pyridine rings is 1. The second-order valence-corrected chi connectivity index (χ2v) is 8.27. The van der Waals surface area contributed by atoms with Crippen molar-refractivity contribution in [2.75, 3.05) is 17.9 Å². The van der Waals surface area contributed by atoms with Crippen molar-refractivity contribution in [3.8, 4) is 11.5 Å². The number of hydrogen-bond acceptors (Lipinski definition) is 8. The lowest BCUT2D eigenvalue weighted by Gasteiger charge is -2.15. The van der Waals surface area contributed by atoms with Crippen LogP contribution in [0, 0.1) is 10.1 Å². The van der Waals surface area contributed by atoms with Crippen LogP contribution in [-0.2, 0) is 4.79 Å². The van der Waals surface area contributed by atoms with E-state index in [0.717, 1.165) is 11.8 Å². The van der Waals surface area contributed by atoms with Gasteiger partial charge in [-0.1, -0.05) is 23.9 Å². The van der Waals surface area contributed by atoms with Crippen LogP contribution in [0.25, 0.3) is 0 Å². The first-order valence-electron chi connectivity index (χ1n) is 10.2. The van der Waals surface area contributed by atoms with Crippen LogP contribution in [0.3, 0.4) is 0 Å². The molecular weight excluding hydrogens is 460 g/mol. The zero-order chi connectivity index (χ0) is 24.1. The predicted octanol–water partition coefficient (Wildman–Crippen LogP) is 3.94. The SMILES string of the molecule is CC(NC(=O)c1cccnc1SCC(=O)Nc1ccc2c(c1)OCO2)c1cccc([N+](=O)[O-])c1. The molecule has 174 valence electrons. The average molecular weight is 481 g/mol. The van der Waals surface area contributed by atoms with Crippen LogP contribution in [0.4, 0.5) is 11.4 Å². The quantitative estimate of drug-likeness (QED) is 0.281. The molecule has 3 aromatic rings. The Hall–Kier alpha value is -4.12. The Labute approximate surface area is 198 Å². The van der Waals surface area contributed by atoms with E-state index in [0.29, 0.717) is 33.3 Å². The van der Waals surface area contributed by atoms with Gasteiger partial charge in [-0.2, -0.15) is 0 Å². The van der Waals surface area contributed by atoms with E-state index in [9.17, 15) is 19.7 Å². The summed E-state index contributed by atoms with van der Waals surface area (Å²) in [6.45, 7) is 1.88. The molecule has 0 aliphatic carbocycles. The van der Waals surface area contributed by atoms with Crippen LogP contribution in [0.1, 0.15) is 28.9 Å². The lowest BCUT2D eigenvalue weighted by Crippen LogP contribution is -2.27. The molecule has 34 heavy (non-hydrogen) atoms. The lowest BCUT2D eigenvalue weighted by molar-refractivity contribution is -0.384. The summed E-state index contributed by atoms with van der Waals surface area (Å²) in [5.41, 5.74) is 1.42. The maximum atomic E-state index is 12.9. The maximum Gasteiger partial charge on any atom is 0.269 e. The molecule has 1 aliphatic rings. The van der Waals surface area contributed by atoms with Crippen LogP contribution in [0.2, 0.25) is 0 Å². The summed E-state index contributed by atoms with van der Waals surface area (Å²) in [5, 5.41) is 17.0. The van der Waals surface area contributed by atoms with E-state index in [1.807, 2.05) is 0 Å². The maximum absolute atomic E-state index is 12.9. The molecule has 0 radical (unpaired) electrons. The Morgan fingerprint density at radius 2 is 1.97 bits per heavy atom. The van der Waals surface area contributed by atoms with Crippen LogP contribution in [-0.4, -0.2) is 34.3 Å². The first kappa shape index (κ1) is 23.1. The topological polar surface area (TPSA) is 133 Å². The van der Waals surface area contributed by atoms with E-state index in [1.165, 1.54) is 12.1 Å².